The summed E-state index contributed by atoms with van der Waals surface area (Å²) in [6.07, 6.45) is 6.76. The number of carbonyl (C=O) groups excluding carboxylic acids is 1. The Balaban J connectivity index is 3.64. The van der Waals surface area contributed by atoms with Gasteiger partial charge in [0.15, 0.2) is 0 Å². The number of unbranched alkanes of at least 4 members (excludes halogenated alkanes) is 4. The van der Waals surface area contributed by atoms with Crippen LogP contribution in [-0.4, -0.2) is 23.0 Å². The monoisotopic (exact) mass is 243 g/mol. The van der Waals surface area contributed by atoms with Gasteiger partial charge in [0.25, 0.3) is 0 Å². The van der Waals surface area contributed by atoms with E-state index >= 15 is 0 Å². The predicted octanol–water partition coefficient (Wildman–Crippen LogP) is 2.72. The highest BCUT2D eigenvalue weighted by Gasteiger charge is 2.13. The van der Waals surface area contributed by atoms with E-state index in [0.29, 0.717) is 12.8 Å². The van der Waals surface area contributed by atoms with E-state index in [0.717, 1.165) is 12.8 Å². The van der Waals surface area contributed by atoms with Gasteiger partial charge in [0.2, 0.25) is 5.91 Å². The average molecular weight is 243 g/mol. The van der Waals surface area contributed by atoms with Crippen LogP contribution in [0.25, 0.3) is 0 Å². The maximum Gasteiger partial charge on any atom is 0.305 e. The maximum absolute atomic E-state index is 11.5. The van der Waals surface area contributed by atoms with Crippen LogP contribution in [-0.2, 0) is 9.59 Å². The average Bonchev–Trinajstić information content (AvgIpc) is 2.27. The van der Waals surface area contributed by atoms with Crippen LogP contribution >= 0.6 is 0 Å². The molecule has 0 aliphatic rings. The fraction of sp³-hybridized carbons (Fsp3) is 0.846. The Hall–Kier alpha value is -1.06. The molecular formula is C13H25NO3. The minimum Gasteiger partial charge on any atom is -0.481 e. The number of carboxylic acids is 1. The Morgan fingerprint density at radius 3 is 2.29 bits per heavy atom. The smallest absolute Gasteiger partial charge is 0.305 e. The lowest BCUT2D eigenvalue weighted by Crippen LogP contribution is -2.35. The molecule has 0 aliphatic heterocycles. The normalized spacial score (nSPS) is 12.1. The van der Waals surface area contributed by atoms with Crippen LogP contribution in [0, 0.1) is 0 Å². The number of nitrogens with one attached hydrogen (secondary N) is 1. The molecule has 4 heteroatoms. The van der Waals surface area contributed by atoms with Gasteiger partial charge in [-0.15, -0.1) is 0 Å². The van der Waals surface area contributed by atoms with Gasteiger partial charge in [-0.3, -0.25) is 9.59 Å². The van der Waals surface area contributed by atoms with Crippen LogP contribution < -0.4 is 5.32 Å². The van der Waals surface area contributed by atoms with E-state index in [9.17, 15) is 9.59 Å². The second kappa shape index (κ2) is 10.1. The van der Waals surface area contributed by atoms with Crippen LogP contribution in [0.3, 0.4) is 0 Å². The van der Waals surface area contributed by atoms with Gasteiger partial charge in [0.05, 0.1) is 6.42 Å². The number of amides is 1. The third-order valence-corrected chi connectivity index (χ3v) is 2.79. The van der Waals surface area contributed by atoms with E-state index in [-0.39, 0.29) is 18.4 Å². The van der Waals surface area contributed by atoms with Crippen LogP contribution in [0.2, 0.25) is 0 Å². The molecule has 1 amide bonds. The molecule has 1 atom stereocenters. The fourth-order valence-corrected chi connectivity index (χ4v) is 1.70. The SMILES string of the molecule is CCCCCCCC(=O)NC(CC)CC(=O)O. The van der Waals surface area contributed by atoms with Crippen LogP contribution in [0.4, 0.5) is 0 Å². The quantitative estimate of drug-likeness (QED) is 0.580. The Kier molecular flexibility index (Phi) is 9.49. The molecule has 0 aromatic rings. The largest absolute Gasteiger partial charge is 0.481 e. The zero-order valence-electron chi connectivity index (χ0n) is 11.0. The van der Waals surface area contributed by atoms with E-state index in [4.69, 9.17) is 5.11 Å². The lowest BCUT2D eigenvalue weighted by atomic mass is 10.1. The Morgan fingerprint density at radius 2 is 1.76 bits per heavy atom. The summed E-state index contributed by atoms with van der Waals surface area (Å²) in [6, 6.07) is -0.226. The van der Waals surface area contributed by atoms with Crippen LogP contribution in [0.1, 0.15) is 65.2 Å². The molecule has 0 radical (unpaired) electrons. The van der Waals surface area contributed by atoms with Gasteiger partial charge < -0.3 is 10.4 Å². The molecule has 0 aromatic carbocycles. The molecule has 0 rings (SSSR count). The van der Waals surface area contributed by atoms with E-state index in [1.165, 1.54) is 19.3 Å². The first-order chi connectivity index (χ1) is 8.10. The van der Waals surface area contributed by atoms with Crippen molar-refractivity contribution in [2.24, 2.45) is 0 Å². The van der Waals surface area contributed by atoms with Crippen molar-refractivity contribution in [1.29, 1.82) is 0 Å². The van der Waals surface area contributed by atoms with Crippen molar-refractivity contribution < 1.29 is 14.7 Å². The molecule has 100 valence electrons. The van der Waals surface area contributed by atoms with E-state index < -0.39 is 5.97 Å². The second-order valence-corrected chi connectivity index (χ2v) is 4.43. The number of carbonyl (C=O) groups is 2. The standard InChI is InChI=1S/C13H25NO3/c1-3-5-6-7-8-9-12(15)14-11(4-2)10-13(16)17/h11H,3-10H2,1-2H3,(H,14,15)(H,16,17). The summed E-state index contributed by atoms with van der Waals surface area (Å²) in [4.78, 5) is 22.1. The predicted molar refractivity (Wildman–Crippen MR) is 67.9 cm³/mol. The van der Waals surface area contributed by atoms with E-state index in [1.807, 2.05) is 6.92 Å². The van der Waals surface area contributed by atoms with Crippen molar-refractivity contribution in [3.05, 3.63) is 0 Å². The van der Waals surface area contributed by atoms with Crippen LogP contribution in [0.15, 0.2) is 0 Å². The second-order valence-electron chi connectivity index (χ2n) is 4.43. The first kappa shape index (κ1) is 15.9. The topological polar surface area (TPSA) is 66.4 Å². The highest BCUT2D eigenvalue weighted by atomic mass is 16.4. The van der Waals surface area contributed by atoms with Crippen LogP contribution in [0.5, 0.6) is 0 Å². The van der Waals surface area contributed by atoms with Crippen molar-refractivity contribution in [3.63, 3.8) is 0 Å². The summed E-state index contributed by atoms with van der Waals surface area (Å²) in [5, 5.41) is 11.4. The molecule has 0 fully saturated rings. The van der Waals surface area contributed by atoms with Crippen molar-refractivity contribution in [2.75, 3.05) is 0 Å². The molecular weight excluding hydrogens is 218 g/mol. The molecule has 0 aliphatic carbocycles. The number of carboxylic acid groups (broad SMARTS) is 1. The van der Waals surface area contributed by atoms with Crippen molar-refractivity contribution in [2.45, 2.75) is 71.3 Å². The number of hydrogen-bond acceptors (Lipinski definition) is 2. The third kappa shape index (κ3) is 9.85. The third-order valence-electron chi connectivity index (χ3n) is 2.79. The highest BCUT2D eigenvalue weighted by Crippen LogP contribution is 2.05. The molecule has 0 saturated carbocycles. The van der Waals surface area contributed by atoms with Crippen molar-refractivity contribution in [3.8, 4) is 0 Å². The molecule has 2 N–H and O–H groups in total. The molecule has 1 unspecified atom stereocenters. The highest BCUT2D eigenvalue weighted by molar-refractivity contribution is 5.77. The first-order valence-corrected chi connectivity index (χ1v) is 6.61. The Morgan fingerprint density at radius 1 is 1.12 bits per heavy atom. The van der Waals surface area contributed by atoms with Gasteiger partial charge in [-0.1, -0.05) is 39.5 Å². The molecule has 0 bridgehead atoms. The lowest BCUT2D eigenvalue weighted by molar-refractivity contribution is -0.137. The summed E-state index contributed by atoms with van der Waals surface area (Å²) >= 11 is 0. The minimum atomic E-state index is -0.861. The summed E-state index contributed by atoms with van der Waals surface area (Å²) < 4.78 is 0. The summed E-state index contributed by atoms with van der Waals surface area (Å²) in [7, 11) is 0. The maximum atomic E-state index is 11.5. The summed E-state index contributed by atoms with van der Waals surface area (Å²) in [6.45, 7) is 4.04. The van der Waals surface area contributed by atoms with Crippen molar-refractivity contribution in [1.82, 2.24) is 5.32 Å². The van der Waals surface area contributed by atoms with E-state index in [2.05, 4.69) is 12.2 Å². The fourth-order valence-electron chi connectivity index (χ4n) is 1.70. The van der Waals surface area contributed by atoms with Gasteiger partial charge in [0, 0.05) is 12.5 Å². The lowest BCUT2D eigenvalue weighted by Gasteiger charge is -2.14. The zero-order valence-corrected chi connectivity index (χ0v) is 11.0. The Labute approximate surface area is 104 Å². The first-order valence-electron chi connectivity index (χ1n) is 6.61. The molecule has 0 heterocycles. The van der Waals surface area contributed by atoms with Gasteiger partial charge in [0.1, 0.15) is 0 Å². The van der Waals surface area contributed by atoms with Crippen molar-refractivity contribution >= 4 is 11.9 Å². The molecule has 0 aromatic heterocycles. The van der Waals surface area contributed by atoms with Gasteiger partial charge in [-0.25, -0.2) is 0 Å². The Bertz CT molecular complexity index is 229. The van der Waals surface area contributed by atoms with E-state index in [1.54, 1.807) is 0 Å². The molecule has 4 nitrogen and oxygen atoms in total. The number of hydrogen-bond donors (Lipinski definition) is 2. The van der Waals surface area contributed by atoms with Gasteiger partial charge in [-0.05, 0) is 12.8 Å². The van der Waals surface area contributed by atoms with Gasteiger partial charge >= 0.3 is 5.97 Å². The molecule has 0 spiro atoms. The summed E-state index contributed by atoms with van der Waals surface area (Å²) in [5.74, 6) is -0.880. The van der Waals surface area contributed by atoms with Gasteiger partial charge in [-0.2, -0.15) is 0 Å². The summed E-state index contributed by atoms with van der Waals surface area (Å²) in [5.41, 5.74) is 0. The zero-order chi connectivity index (χ0) is 13.1. The molecule has 0 saturated heterocycles. The number of aliphatic carboxylic acids is 1. The minimum absolute atomic E-state index is 0.0120. The number of rotatable bonds is 10. The molecule has 17 heavy (non-hydrogen) atoms.